The molecule has 1 aromatic carbocycles. The van der Waals surface area contributed by atoms with Crippen LogP contribution in [0.1, 0.15) is 5.56 Å². The first-order chi connectivity index (χ1) is 9.10. The zero-order valence-electron chi connectivity index (χ0n) is 10.7. The third kappa shape index (κ3) is 3.51. The number of halogens is 3. The van der Waals surface area contributed by atoms with E-state index < -0.39 is 35.0 Å². The topological polar surface area (TPSA) is 57.6 Å². The van der Waals surface area contributed by atoms with E-state index in [0.29, 0.717) is 0 Å². The van der Waals surface area contributed by atoms with Gasteiger partial charge in [-0.25, -0.2) is 8.42 Å². The Hall–Kier alpha value is -1.54. The van der Waals surface area contributed by atoms with Gasteiger partial charge in [-0.05, 0) is 19.1 Å². The molecule has 8 heteroatoms. The van der Waals surface area contributed by atoms with Gasteiger partial charge < -0.3 is 5.11 Å². The minimum Gasteiger partial charge on any atom is -0.394 e. The van der Waals surface area contributed by atoms with Gasteiger partial charge in [0.2, 0.25) is 0 Å². The normalized spacial score (nSPS) is 12.2. The molecule has 0 saturated carbocycles. The Morgan fingerprint density at radius 3 is 2.20 bits per heavy atom. The van der Waals surface area contributed by atoms with Gasteiger partial charge in [0.05, 0.1) is 18.0 Å². The highest BCUT2D eigenvalue weighted by molar-refractivity contribution is 7.89. The van der Waals surface area contributed by atoms with Crippen LogP contribution in [0.15, 0.2) is 41.4 Å². The molecule has 0 bridgehead atoms. The van der Waals surface area contributed by atoms with Crippen LogP contribution >= 0.6 is 0 Å². The highest BCUT2D eigenvalue weighted by atomic mass is 32.2. The largest absolute Gasteiger partial charge is 0.431 e. The van der Waals surface area contributed by atoms with E-state index in [-0.39, 0.29) is 9.20 Å². The second kappa shape index (κ2) is 5.84. The Bertz CT molecular complexity index is 579. The minimum absolute atomic E-state index is 0.0671. The van der Waals surface area contributed by atoms with Crippen molar-refractivity contribution in [3.63, 3.8) is 0 Å². The zero-order chi connectivity index (χ0) is 15.6. The summed E-state index contributed by atoms with van der Waals surface area (Å²) in [5.74, 6) is 0. The average Bonchev–Trinajstić information content (AvgIpc) is 2.34. The van der Waals surface area contributed by atoms with Crippen LogP contribution in [0, 0.1) is 6.92 Å². The first kappa shape index (κ1) is 16.5. The number of rotatable bonds is 5. The summed E-state index contributed by atoms with van der Waals surface area (Å²) in [5, 5.41) is 8.79. The summed E-state index contributed by atoms with van der Waals surface area (Å²) in [6, 6.07) is 5.36. The van der Waals surface area contributed by atoms with Crippen molar-refractivity contribution in [1.82, 2.24) is 4.31 Å². The van der Waals surface area contributed by atoms with Crippen molar-refractivity contribution in [1.29, 1.82) is 0 Å². The number of sulfonamides is 1. The molecule has 4 nitrogen and oxygen atoms in total. The van der Waals surface area contributed by atoms with Crippen LogP contribution in [0.2, 0.25) is 0 Å². The van der Waals surface area contributed by atoms with Gasteiger partial charge in [0.15, 0.2) is 0 Å². The maximum Gasteiger partial charge on any atom is 0.431 e. The predicted octanol–water partition coefficient (Wildman–Crippen LogP) is 2.05. The van der Waals surface area contributed by atoms with Gasteiger partial charge >= 0.3 is 6.18 Å². The number of nitrogens with zero attached hydrogens (tertiary/aromatic N) is 1. The molecule has 0 aliphatic carbocycles. The molecule has 20 heavy (non-hydrogen) atoms. The van der Waals surface area contributed by atoms with Crippen molar-refractivity contribution in [2.75, 3.05) is 13.2 Å². The highest BCUT2D eigenvalue weighted by Crippen LogP contribution is 2.31. The van der Waals surface area contributed by atoms with Gasteiger partial charge in [0.1, 0.15) is 5.70 Å². The first-order valence-electron chi connectivity index (χ1n) is 5.57. The predicted molar refractivity (Wildman–Crippen MR) is 67.4 cm³/mol. The van der Waals surface area contributed by atoms with Crippen LogP contribution in [0.3, 0.4) is 0 Å². The van der Waals surface area contributed by atoms with E-state index in [4.69, 9.17) is 5.11 Å². The van der Waals surface area contributed by atoms with Gasteiger partial charge in [-0.15, -0.1) is 0 Å². The lowest BCUT2D eigenvalue weighted by molar-refractivity contribution is -0.104. The summed E-state index contributed by atoms with van der Waals surface area (Å²) in [4.78, 5) is -0.290. The minimum atomic E-state index is -4.90. The van der Waals surface area contributed by atoms with Gasteiger partial charge in [-0.3, -0.25) is 4.31 Å². The zero-order valence-corrected chi connectivity index (χ0v) is 11.5. The fourth-order valence-corrected chi connectivity index (χ4v) is 2.92. The molecular weight excluding hydrogens is 295 g/mol. The Morgan fingerprint density at radius 2 is 1.80 bits per heavy atom. The van der Waals surface area contributed by atoms with Gasteiger partial charge in [0, 0.05) is 0 Å². The van der Waals surface area contributed by atoms with E-state index in [1.165, 1.54) is 24.3 Å². The number of aryl methyl sites for hydroxylation is 1. The molecule has 0 aliphatic rings. The van der Waals surface area contributed by atoms with Crippen molar-refractivity contribution in [2.45, 2.75) is 18.0 Å². The SMILES string of the molecule is C=C(N(CCO)S(=O)(=O)c1ccc(C)cc1)C(F)(F)F. The lowest BCUT2D eigenvalue weighted by atomic mass is 10.2. The number of aliphatic hydroxyl groups is 1. The van der Waals surface area contributed by atoms with Gasteiger partial charge in [0.25, 0.3) is 10.0 Å². The standard InChI is InChI=1S/C12H14F3NO3S/c1-9-3-5-11(6-4-9)20(18,19)16(7-8-17)10(2)12(13,14)15/h3-6,17H,2,7-8H2,1H3. The molecule has 0 atom stereocenters. The van der Waals surface area contributed by atoms with Crippen LogP contribution in [0.5, 0.6) is 0 Å². The van der Waals surface area contributed by atoms with Crippen LogP contribution < -0.4 is 0 Å². The Labute approximate surface area is 115 Å². The van der Waals surface area contributed by atoms with Crippen LogP contribution in [-0.4, -0.2) is 37.2 Å². The number of alkyl halides is 3. The van der Waals surface area contributed by atoms with Crippen molar-refractivity contribution in [3.8, 4) is 0 Å². The number of aliphatic hydroxyl groups excluding tert-OH is 1. The second-order valence-corrected chi connectivity index (χ2v) is 5.92. The van der Waals surface area contributed by atoms with Crippen molar-refractivity contribution in [3.05, 3.63) is 42.1 Å². The molecule has 1 rings (SSSR count). The van der Waals surface area contributed by atoms with E-state index in [1.807, 2.05) is 0 Å². The van der Waals surface area contributed by atoms with E-state index in [9.17, 15) is 21.6 Å². The number of hydrogen-bond donors (Lipinski definition) is 1. The maximum atomic E-state index is 12.6. The first-order valence-corrected chi connectivity index (χ1v) is 7.01. The quantitative estimate of drug-likeness (QED) is 0.905. The smallest absolute Gasteiger partial charge is 0.394 e. The van der Waals surface area contributed by atoms with Crippen molar-refractivity contribution >= 4 is 10.0 Å². The molecule has 0 spiro atoms. The van der Waals surface area contributed by atoms with E-state index in [1.54, 1.807) is 6.92 Å². The van der Waals surface area contributed by atoms with Crippen molar-refractivity contribution in [2.24, 2.45) is 0 Å². The molecule has 0 amide bonds. The molecule has 1 aromatic rings. The average molecular weight is 309 g/mol. The molecule has 0 aromatic heterocycles. The Morgan fingerprint density at radius 1 is 1.30 bits per heavy atom. The number of allylic oxidation sites excluding steroid dienone is 1. The summed E-state index contributed by atoms with van der Waals surface area (Å²) in [7, 11) is -4.41. The lowest BCUT2D eigenvalue weighted by Crippen LogP contribution is -2.38. The molecule has 0 fully saturated rings. The summed E-state index contributed by atoms with van der Waals surface area (Å²) in [5.41, 5.74) is -0.764. The number of benzene rings is 1. The molecule has 1 N–H and O–H groups in total. The lowest BCUT2D eigenvalue weighted by Gasteiger charge is -2.26. The van der Waals surface area contributed by atoms with Gasteiger partial charge in [-0.1, -0.05) is 24.3 Å². The fraction of sp³-hybridized carbons (Fsp3) is 0.333. The summed E-state index contributed by atoms with van der Waals surface area (Å²) >= 11 is 0. The Kier molecular flexibility index (Phi) is 4.82. The third-order valence-electron chi connectivity index (χ3n) is 2.54. The number of hydrogen-bond acceptors (Lipinski definition) is 3. The Balaban J connectivity index is 3.26. The van der Waals surface area contributed by atoms with Crippen LogP contribution in [0.25, 0.3) is 0 Å². The third-order valence-corrected chi connectivity index (χ3v) is 4.39. The molecule has 0 aliphatic heterocycles. The molecule has 0 saturated heterocycles. The van der Waals surface area contributed by atoms with Crippen LogP contribution in [-0.2, 0) is 10.0 Å². The summed E-state index contributed by atoms with van der Waals surface area (Å²) in [6.07, 6.45) is -4.90. The second-order valence-electron chi connectivity index (χ2n) is 4.06. The molecular formula is C12H14F3NO3S. The van der Waals surface area contributed by atoms with Crippen LogP contribution in [0.4, 0.5) is 13.2 Å². The maximum absolute atomic E-state index is 12.6. The highest BCUT2D eigenvalue weighted by Gasteiger charge is 2.40. The molecule has 0 radical (unpaired) electrons. The van der Waals surface area contributed by atoms with Gasteiger partial charge in [-0.2, -0.15) is 13.2 Å². The van der Waals surface area contributed by atoms with E-state index >= 15 is 0 Å². The van der Waals surface area contributed by atoms with E-state index in [0.717, 1.165) is 5.56 Å². The summed E-state index contributed by atoms with van der Waals surface area (Å²) in [6.45, 7) is 3.02. The molecule has 0 heterocycles. The molecule has 0 unspecified atom stereocenters. The fourth-order valence-electron chi connectivity index (χ4n) is 1.47. The van der Waals surface area contributed by atoms with E-state index in [2.05, 4.69) is 6.58 Å². The summed E-state index contributed by atoms with van der Waals surface area (Å²) < 4.78 is 62.4. The molecule has 112 valence electrons. The monoisotopic (exact) mass is 309 g/mol. The van der Waals surface area contributed by atoms with Crippen molar-refractivity contribution < 1.29 is 26.7 Å².